The van der Waals surface area contributed by atoms with Crippen LogP contribution < -0.4 is 0 Å². The Labute approximate surface area is 180 Å². The van der Waals surface area contributed by atoms with Crippen LogP contribution >= 0.6 is 0 Å². The Bertz CT molecular complexity index is 1140. The molecule has 1 aliphatic heterocycles. The Morgan fingerprint density at radius 1 is 0.968 bits per heavy atom. The molecule has 1 atom stereocenters. The van der Waals surface area contributed by atoms with Gasteiger partial charge in [0, 0.05) is 12.5 Å². The summed E-state index contributed by atoms with van der Waals surface area (Å²) in [6.45, 7) is 2.75. The van der Waals surface area contributed by atoms with Crippen LogP contribution in [0.5, 0.6) is 0 Å². The standard InChI is InChI=1S/C26H23NO4/c1-16-23-14-18(25(28)29)11-10-17(23)12-13-27(16)26(30)31-15-24-21-8-4-2-6-19(21)20-7-3-5-9-22(20)24/h2-11,14,16,24H,12-13,15H2,1H3,(H,28,29). The first-order valence-corrected chi connectivity index (χ1v) is 10.5. The van der Waals surface area contributed by atoms with Crippen LogP contribution in [0.25, 0.3) is 11.1 Å². The molecule has 0 spiro atoms. The van der Waals surface area contributed by atoms with Gasteiger partial charge >= 0.3 is 12.1 Å². The number of carboxylic acid groups (broad SMARTS) is 1. The SMILES string of the molecule is CC1c2cc(C(=O)O)ccc2CCN1C(=O)OCC1c2ccccc2-c2ccccc21. The van der Waals surface area contributed by atoms with E-state index in [0.717, 1.165) is 11.1 Å². The van der Waals surface area contributed by atoms with Gasteiger partial charge in [0.05, 0.1) is 11.6 Å². The number of hydrogen-bond acceptors (Lipinski definition) is 3. The summed E-state index contributed by atoms with van der Waals surface area (Å²) in [5.41, 5.74) is 6.94. The lowest BCUT2D eigenvalue weighted by molar-refractivity contribution is 0.0696. The predicted molar refractivity (Wildman–Crippen MR) is 117 cm³/mol. The summed E-state index contributed by atoms with van der Waals surface area (Å²) < 4.78 is 5.81. The van der Waals surface area contributed by atoms with Crippen LogP contribution in [-0.4, -0.2) is 35.2 Å². The monoisotopic (exact) mass is 413 g/mol. The number of fused-ring (bicyclic) bond motifs is 4. The molecule has 0 radical (unpaired) electrons. The zero-order valence-electron chi connectivity index (χ0n) is 17.2. The second-order valence-corrected chi connectivity index (χ2v) is 8.14. The molecule has 1 N–H and O–H groups in total. The normalized spacial score (nSPS) is 16.9. The van der Waals surface area contributed by atoms with Crippen molar-refractivity contribution in [3.63, 3.8) is 0 Å². The molecule has 5 nitrogen and oxygen atoms in total. The Kier molecular flexibility index (Phi) is 4.74. The zero-order valence-corrected chi connectivity index (χ0v) is 17.2. The second kappa shape index (κ2) is 7.58. The first-order chi connectivity index (χ1) is 15.0. The van der Waals surface area contributed by atoms with E-state index in [1.165, 1.54) is 22.3 Å². The van der Waals surface area contributed by atoms with Crippen molar-refractivity contribution < 1.29 is 19.4 Å². The van der Waals surface area contributed by atoms with Crippen LogP contribution in [0.2, 0.25) is 0 Å². The van der Waals surface area contributed by atoms with Crippen molar-refractivity contribution in [3.05, 3.63) is 94.5 Å². The quantitative estimate of drug-likeness (QED) is 0.637. The Morgan fingerprint density at radius 3 is 2.26 bits per heavy atom. The van der Waals surface area contributed by atoms with Crippen LogP contribution in [-0.2, 0) is 11.2 Å². The maximum Gasteiger partial charge on any atom is 0.410 e. The van der Waals surface area contributed by atoms with E-state index >= 15 is 0 Å². The van der Waals surface area contributed by atoms with E-state index in [9.17, 15) is 14.7 Å². The average molecular weight is 413 g/mol. The lowest BCUT2D eigenvalue weighted by Gasteiger charge is -2.35. The minimum atomic E-state index is -0.965. The number of carbonyl (C=O) groups is 2. The number of benzene rings is 3. The lowest BCUT2D eigenvalue weighted by Crippen LogP contribution is -2.39. The lowest BCUT2D eigenvalue weighted by atomic mass is 9.92. The van der Waals surface area contributed by atoms with Crippen LogP contribution in [0.3, 0.4) is 0 Å². The van der Waals surface area contributed by atoms with Crippen molar-refractivity contribution in [2.24, 2.45) is 0 Å². The fourth-order valence-electron chi connectivity index (χ4n) is 4.87. The molecular formula is C26H23NO4. The first-order valence-electron chi connectivity index (χ1n) is 10.5. The summed E-state index contributed by atoms with van der Waals surface area (Å²) in [4.78, 5) is 26.1. The van der Waals surface area contributed by atoms with E-state index in [2.05, 4.69) is 24.3 Å². The number of amides is 1. The molecule has 1 heterocycles. The molecule has 156 valence electrons. The highest BCUT2D eigenvalue weighted by Crippen LogP contribution is 2.44. The molecule has 0 saturated heterocycles. The summed E-state index contributed by atoms with van der Waals surface area (Å²) in [6.07, 6.45) is 0.324. The number of ether oxygens (including phenoxy) is 1. The van der Waals surface area contributed by atoms with Gasteiger partial charge in [-0.25, -0.2) is 9.59 Å². The van der Waals surface area contributed by atoms with Gasteiger partial charge in [-0.2, -0.15) is 0 Å². The van der Waals surface area contributed by atoms with Gasteiger partial charge in [-0.3, -0.25) is 0 Å². The number of carbonyl (C=O) groups excluding carboxylic acids is 1. The molecule has 2 aliphatic rings. The largest absolute Gasteiger partial charge is 0.478 e. The highest BCUT2D eigenvalue weighted by Gasteiger charge is 2.32. The number of aromatic carboxylic acids is 1. The van der Waals surface area contributed by atoms with Crippen molar-refractivity contribution in [3.8, 4) is 11.1 Å². The highest BCUT2D eigenvalue weighted by atomic mass is 16.6. The average Bonchev–Trinajstić information content (AvgIpc) is 3.11. The molecule has 5 rings (SSSR count). The molecule has 1 amide bonds. The molecule has 0 fully saturated rings. The van der Waals surface area contributed by atoms with Crippen LogP contribution in [0, 0.1) is 0 Å². The number of rotatable bonds is 3. The Balaban J connectivity index is 1.35. The fraction of sp³-hybridized carbons (Fsp3) is 0.231. The molecule has 3 aromatic rings. The summed E-state index contributed by atoms with van der Waals surface area (Å²) >= 11 is 0. The molecule has 0 aromatic heterocycles. The van der Waals surface area contributed by atoms with Crippen LogP contribution in [0.15, 0.2) is 66.7 Å². The zero-order chi connectivity index (χ0) is 21.5. The van der Waals surface area contributed by atoms with E-state index in [4.69, 9.17) is 4.74 Å². The Morgan fingerprint density at radius 2 is 1.61 bits per heavy atom. The highest BCUT2D eigenvalue weighted by molar-refractivity contribution is 5.88. The Hall–Kier alpha value is -3.60. The van der Waals surface area contributed by atoms with Crippen molar-refractivity contribution in [1.82, 2.24) is 4.90 Å². The minimum Gasteiger partial charge on any atom is -0.478 e. The molecule has 1 unspecified atom stereocenters. The molecule has 31 heavy (non-hydrogen) atoms. The van der Waals surface area contributed by atoms with E-state index in [1.54, 1.807) is 17.0 Å². The van der Waals surface area contributed by atoms with Gasteiger partial charge in [0.15, 0.2) is 0 Å². The molecular weight excluding hydrogens is 390 g/mol. The first kappa shape index (κ1) is 19.4. The third-order valence-corrected chi connectivity index (χ3v) is 6.50. The number of nitrogens with zero attached hydrogens (tertiary/aromatic N) is 1. The molecule has 0 saturated carbocycles. The second-order valence-electron chi connectivity index (χ2n) is 8.14. The van der Waals surface area contributed by atoms with E-state index in [1.807, 2.05) is 37.3 Å². The topological polar surface area (TPSA) is 66.8 Å². The number of carboxylic acids is 1. The summed E-state index contributed by atoms with van der Waals surface area (Å²) in [6, 6.07) is 21.4. The third-order valence-electron chi connectivity index (χ3n) is 6.50. The maximum atomic E-state index is 13.0. The summed E-state index contributed by atoms with van der Waals surface area (Å²) in [5, 5.41) is 9.31. The van der Waals surface area contributed by atoms with Crippen molar-refractivity contribution >= 4 is 12.1 Å². The predicted octanol–water partition coefficient (Wildman–Crippen LogP) is 5.25. The fourth-order valence-corrected chi connectivity index (χ4v) is 4.87. The van der Waals surface area contributed by atoms with Gasteiger partial charge < -0.3 is 14.7 Å². The summed E-state index contributed by atoms with van der Waals surface area (Å²) in [5.74, 6) is -0.949. The van der Waals surface area contributed by atoms with E-state index in [0.29, 0.717) is 13.0 Å². The third kappa shape index (κ3) is 3.26. The van der Waals surface area contributed by atoms with Crippen LogP contribution in [0.4, 0.5) is 4.79 Å². The van der Waals surface area contributed by atoms with Gasteiger partial charge in [-0.05, 0) is 58.9 Å². The molecule has 1 aliphatic carbocycles. The van der Waals surface area contributed by atoms with Gasteiger partial charge in [0.1, 0.15) is 6.61 Å². The van der Waals surface area contributed by atoms with Gasteiger partial charge in [0.2, 0.25) is 0 Å². The van der Waals surface area contributed by atoms with Gasteiger partial charge in [-0.1, -0.05) is 54.6 Å². The van der Waals surface area contributed by atoms with Crippen molar-refractivity contribution in [1.29, 1.82) is 0 Å². The van der Waals surface area contributed by atoms with E-state index < -0.39 is 5.97 Å². The molecule has 3 aromatic carbocycles. The molecule has 0 bridgehead atoms. The van der Waals surface area contributed by atoms with Crippen molar-refractivity contribution in [2.75, 3.05) is 13.2 Å². The van der Waals surface area contributed by atoms with Gasteiger partial charge in [-0.15, -0.1) is 0 Å². The van der Waals surface area contributed by atoms with E-state index in [-0.39, 0.29) is 30.2 Å². The summed E-state index contributed by atoms with van der Waals surface area (Å²) in [7, 11) is 0. The smallest absolute Gasteiger partial charge is 0.410 e. The van der Waals surface area contributed by atoms with Gasteiger partial charge in [0.25, 0.3) is 0 Å². The minimum absolute atomic E-state index is 0.0161. The number of hydrogen-bond donors (Lipinski definition) is 1. The van der Waals surface area contributed by atoms with Crippen LogP contribution in [0.1, 0.15) is 51.5 Å². The van der Waals surface area contributed by atoms with Crippen molar-refractivity contribution in [2.45, 2.75) is 25.3 Å². The maximum absolute atomic E-state index is 13.0. The molecule has 5 heteroatoms.